The van der Waals surface area contributed by atoms with Gasteiger partial charge in [-0.2, -0.15) is 72.8 Å². The van der Waals surface area contributed by atoms with Gasteiger partial charge in [0.15, 0.2) is 0 Å². The first-order valence-corrected chi connectivity index (χ1v) is 14.9. The zero-order valence-electron chi connectivity index (χ0n) is 26.2. The summed E-state index contributed by atoms with van der Waals surface area (Å²) < 4.78 is 0. The molecule has 0 bridgehead atoms. The van der Waals surface area contributed by atoms with Gasteiger partial charge < -0.3 is 32.2 Å². The van der Waals surface area contributed by atoms with Gasteiger partial charge in [0.05, 0.1) is 0 Å². The minimum absolute atomic E-state index is 0. The molecule has 9 rings (SSSR count). The third-order valence-electron chi connectivity index (χ3n) is 8.33. The third-order valence-corrected chi connectivity index (χ3v) is 8.33. The second-order valence-corrected chi connectivity index (χ2v) is 10.8. The molecule has 2 aliphatic carbocycles. The van der Waals surface area contributed by atoms with Crippen LogP contribution in [0.1, 0.15) is 45.2 Å². The largest absolute Gasteiger partial charge is 1.00 e. The number of allylic oxidation sites excluding steroid dienone is 2. The van der Waals surface area contributed by atoms with Crippen LogP contribution in [0.2, 0.25) is 0 Å². The van der Waals surface area contributed by atoms with Crippen LogP contribution in [0.25, 0.3) is 33.7 Å². The van der Waals surface area contributed by atoms with E-state index < -0.39 is 0 Å². The average Bonchev–Trinajstić information content (AvgIpc) is 3.82. The maximum absolute atomic E-state index is 2.89. The molecule has 2 unspecified atom stereocenters. The Hall–Kier alpha value is -3.88. The topological polar surface area (TPSA) is 0 Å². The second kappa shape index (κ2) is 17.9. The van der Waals surface area contributed by atoms with Crippen LogP contribution in [0.4, 0.5) is 0 Å². The Morgan fingerprint density at radius 1 is 0.468 bits per heavy atom. The third kappa shape index (κ3) is 7.99. The number of hydrogen-bond acceptors (Lipinski definition) is 0. The molecule has 0 N–H and O–H groups in total. The van der Waals surface area contributed by atoms with Crippen LogP contribution < -0.4 is 24.8 Å². The Balaban J connectivity index is 0.000000319. The van der Waals surface area contributed by atoms with Crippen LogP contribution in [0.15, 0.2) is 164 Å². The van der Waals surface area contributed by atoms with Gasteiger partial charge in [0, 0.05) is 37.7 Å². The molecule has 0 amide bonds. The van der Waals surface area contributed by atoms with Crippen molar-refractivity contribution in [3.63, 3.8) is 0 Å². The molecule has 0 aliphatic heterocycles. The number of rotatable bonds is 2. The zero-order chi connectivity index (χ0) is 28.8. The van der Waals surface area contributed by atoms with E-state index in [0.29, 0.717) is 5.92 Å². The summed E-state index contributed by atoms with van der Waals surface area (Å²) in [4.78, 5) is 0. The van der Waals surface area contributed by atoms with Crippen molar-refractivity contribution in [2.24, 2.45) is 0 Å². The first kappa shape index (κ1) is 37.6. The molecule has 3 heteroatoms. The maximum Gasteiger partial charge on any atom is 0.0212 e. The molecular formula is C44H34Cl2Hf-6. The summed E-state index contributed by atoms with van der Waals surface area (Å²) in [6.07, 6.45) is 9.35. The van der Waals surface area contributed by atoms with Crippen LogP contribution in [-0.4, -0.2) is 0 Å². The van der Waals surface area contributed by atoms with E-state index in [-0.39, 0.29) is 64.0 Å². The van der Waals surface area contributed by atoms with Gasteiger partial charge in [-0.1, -0.05) is 114 Å². The second-order valence-electron chi connectivity index (χ2n) is 10.8. The first-order valence-electron chi connectivity index (χ1n) is 14.9. The monoisotopic (exact) mass is 812 g/mol. The first-order chi connectivity index (χ1) is 21.4. The van der Waals surface area contributed by atoms with E-state index in [2.05, 4.69) is 127 Å². The number of fused-ring (bicyclic) bond motifs is 5. The summed E-state index contributed by atoms with van der Waals surface area (Å²) in [6.45, 7) is 0. The molecule has 0 nitrogen and oxygen atoms in total. The van der Waals surface area contributed by atoms with Gasteiger partial charge in [0.2, 0.25) is 0 Å². The van der Waals surface area contributed by atoms with Crippen molar-refractivity contribution in [2.75, 3.05) is 0 Å². The molecule has 0 saturated heterocycles. The van der Waals surface area contributed by atoms with Gasteiger partial charge in [0.25, 0.3) is 0 Å². The fraction of sp³-hybridized carbons (Fsp3) is 0.0455. The van der Waals surface area contributed by atoms with Gasteiger partial charge >= 0.3 is 0 Å². The Labute approximate surface area is 310 Å². The minimum Gasteiger partial charge on any atom is -1.00 e. The summed E-state index contributed by atoms with van der Waals surface area (Å²) in [5.41, 5.74) is 8.39. The van der Waals surface area contributed by atoms with Crippen molar-refractivity contribution in [3.05, 3.63) is 217 Å². The van der Waals surface area contributed by atoms with E-state index in [4.69, 9.17) is 0 Å². The van der Waals surface area contributed by atoms with Crippen molar-refractivity contribution in [1.29, 1.82) is 0 Å². The molecule has 234 valence electrons. The van der Waals surface area contributed by atoms with Crippen LogP contribution in [0.5, 0.6) is 0 Å². The van der Waals surface area contributed by atoms with Crippen molar-refractivity contribution in [1.82, 2.24) is 0 Å². The van der Waals surface area contributed by atoms with E-state index in [9.17, 15) is 0 Å². The van der Waals surface area contributed by atoms with Gasteiger partial charge in [-0.3, -0.25) is 0 Å². The Bertz CT molecular complexity index is 1960. The smallest absolute Gasteiger partial charge is 0.0212 e. The molecule has 0 spiro atoms. The van der Waals surface area contributed by atoms with E-state index >= 15 is 0 Å². The molecule has 0 radical (unpaired) electrons. The van der Waals surface area contributed by atoms with Crippen LogP contribution >= 0.6 is 0 Å². The van der Waals surface area contributed by atoms with Crippen molar-refractivity contribution in [2.45, 2.75) is 11.8 Å². The quantitative estimate of drug-likeness (QED) is 0.161. The van der Waals surface area contributed by atoms with Gasteiger partial charge in [0.1, 0.15) is 0 Å². The summed E-state index contributed by atoms with van der Waals surface area (Å²) in [7, 11) is 0. The summed E-state index contributed by atoms with van der Waals surface area (Å²) in [6, 6.07) is 58.6. The molecule has 2 atom stereocenters. The van der Waals surface area contributed by atoms with E-state index in [0.717, 1.165) is 0 Å². The predicted molar refractivity (Wildman–Crippen MR) is 189 cm³/mol. The molecule has 7 aromatic carbocycles. The zero-order valence-corrected chi connectivity index (χ0v) is 31.3. The number of hydrogen-bond donors (Lipinski definition) is 0. The molecule has 2 aliphatic rings. The summed E-state index contributed by atoms with van der Waals surface area (Å²) in [5, 5.41) is 5.43. The number of halogens is 2. The fourth-order valence-corrected chi connectivity index (χ4v) is 6.39. The molecule has 0 heterocycles. The van der Waals surface area contributed by atoms with Gasteiger partial charge in [-0.05, 0) is 22.3 Å². The van der Waals surface area contributed by atoms with Crippen molar-refractivity contribution < 1.29 is 50.7 Å². The Morgan fingerprint density at radius 3 is 1.53 bits per heavy atom. The Kier molecular flexibility index (Phi) is 14.3. The Morgan fingerprint density at radius 2 is 0.979 bits per heavy atom. The predicted octanol–water partition coefficient (Wildman–Crippen LogP) is 5.46. The van der Waals surface area contributed by atoms with E-state index in [1.165, 1.54) is 54.9 Å². The van der Waals surface area contributed by atoms with Crippen LogP contribution in [0, 0.1) is 19.6 Å². The molecular weight excluding hydrogens is 778 g/mol. The average molecular weight is 812 g/mol. The fourth-order valence-electron chi connectivity index (χ4n) is 6.39. The summed E-state index contributed by atoms with van der Waals surface area (Å²) >= 11 is 0. The standard InChI is InChI=1S/C31H21.2C6H5.CH3.2ClH.Hf/c1-4-10-23-20(7-1)13-15-26(23)29-18-17-27-25-12-6-3-9-22(25)19-30(27)31(29)28-16-14-21-8-2-5-11-24(21)28;2*1-2-4-6-5-3-1;;;;/h1-19,26,28H;2*1-5H;1H3;2*1H;/q4*-1;;;/p-2. The minimum atomic E-state index is 0. The van der Waals surface area contributed by atoms with Crippen LogP contribution in [-0.2, 0) is 25.8 Å². The van der Waals surface area contributed by atoms with E-state index in [1.54, 1.807) is 0 Å². The summed E-state index contributed by atoms with van der Waals surface area (Å²) in [5.74, 6) is 0.586. The molecule has 7 aromatic rings. The number of benzene rings is 6. The van der Waals surface area contributed by atoms with Gasteiger partial charge in [-0.25, -0.2) is 0 Å². The SMILES string of the molecule is C1=CC(c2ccc3c([cH-]c4ccccc43)c2C2C=Cc3ccccc32)c2ccccc21.[CH3-].[Cl-].[Cl-].[Hf].[c-]1ccccc1.[c-]1ccccc1. The molecule has 47 heavy (non-hydrogen) atoms. The molecule has 0 aromatic heterocycles. The molecule has 0 fully saturated rings. The van der Waals surface area contributed by atoms with Crippen molar-refractivity contribution in [3.8, 4) is 0 Å². The van der Waals surface area contributed by atoms with Gasteiger partial charge in [-0.15, -0.1) is 33.7 Å². The normalized spacial score (nSPS) is 14.4. The molecule has 0 saturated carbocycles. The van der Waals surface area contributed by atoms with Crippen molar-refractivity contribution >= 4 is 33.7 Å². The van der Waals surface area contributed by atoms with E-state index in [1.807, 2.05) is 60.7 Å². The van der Waals surface area contributed by atoms with Crippen LogP contribution in [0.3, 0.4) is 0 Å². The maximum atomic E-state index is 2.89.